The van der Waals surface area contributed by atoms with Crippen LogP contribution in [0.25, 0.3) is 5.53 Å². The lowest BCUT2D eigenvalue weighted by Gasteiger charge is -1.93. The van der Waals surface area contributed by atoms with Gasteiger partial charge in [-0.15, -0.1) is 0 Å². The largest absolute Gasteiger partial charge is 0.372 e. The molecule has 0 N–H and O–H groups in total. The van der Waals surface area contributed by atoms with E-state index >= 15 is 0 Å². The summed E-state index contributed by atoms with van der Waals surface area (Å²) < 4.78 is 0. The molecule has 0 aromatic carbocycles. The Morgan fingerprint density at radius 2 is 2.45 bits per heavy atom. The van der Waals surface area contributed by atoms with Gasteiger partial charge in [0.1, 0.15) is 0 Å². The van der Waals surface area contributed by atoms with E-state index in [2.05, 4.69) is 4.79 Å². The first-order valence-electron chi connectivity index (χ1n) is 2.98. The molecule has 0 radical (unpaired) electrons. The maximum absolute atomic E-state index is 10.2. The predicted molar refractivity (Wildman–Crippen MR) is 37.5 cm³/mol. The fourth-order valence-corrected chi connectivity index (χ4v) is 0.798. The molecule has 0 aliphatic heterocycles. The van der Waals surface area contributed by atoms with Crippen LogP contribution in [0.4, 0.5) is 0 Å². The van der Waals surface area contributed by atoms with Gasteiger partial charge >= 0.3 is 11.4 Å². The fourth-order valence-electron chi connectivity index (χ4n) is 0.798. The molecule has 0 aromatic rings. The van der Waals surface area contributed by atoms with Crippen LogP contribution in [0.3, 0.4) is 0 Å². The normalized spacial score (nSPS) is 15.6. The molecular formula is C6H5N3O2. The van der Waals surface area contributed by atoms with Crippen molar-refractivity contribution in [3.05, 3.63) is 39.6 Å². The first-order valence-corrected chi connectivity index (χ1v) is 2.98. The maximum atomic E-state index is 10.2. The standard InChI is InChI=1S/C6H5N3O2/c7-8-5-3-1-2-4-6(5)9(10)11/h1-2,4H,3H2. The van der Waals surface area contributed by atoms with Crippen molar-refractivity contribution in [2.24, 2.45) is 0 Å². The van der Waals surface area contributed by atoms with Gasteiger partial charge in [-0.25, -0.2) is 0 Å². The number of hydrogen-bond donors (Lipinski definition) is 0. The first-order chi connectivity index (χ1) is 5.25. The Balaban J connectivity index is 3.06. The molecule has 0 saturated heterocycles. The van der Waals surface area contributed by atoms with Gasteiger partial charge in [-0.05, 0) is 0 Å². The molecular weight excluding hydrogens is 146 g/mol. The highest BCUT2D eigenvalue weighted by Gasteiger charge is 2.26. The lowest BCUT2D eigenvalue weighted by atomic mass is 10.1. The molecule has 0 atom stereocenters. The first kappa shape index (κ1) is 7.37. The second-order valence-electron chi connectivity index (χ2n) is 1.99. The molecule has 0 saturated carbocycles. The molecule has 1 aliphatic rings. The van der Waals surface area contributed by atoms with Gasteiger partial charge in [0.2, 0.25) is 0 Å². The van der Waals surface area contributed by atoms with E-state index in [0.29, 0.717) is 6.42 Å². The minimum absolute atomic E-state index is 0.0949. The van der Waals surface area contributed by atoms with Crippen LogP contribution in [-0.2, 0) is 0 Å². The summed E-state index contributed by atoms with van der Waals surface area (Å²) in [5.74, 6) is 0. The van der Waals surface area contributed by atoms with Gasteiger partial charge in [-0.2, -0.15) is 4.79 Å². The molecule has 1 aliphatic carbocycles. The lowest BCUT2D eigenvalue weighted by Crippen LogP contribution is -2.13. The molecule has 56 valence electrons. The minimum atomic E-state index is -0.571. The second kappa shape index (κ2) is 2.90. The van der Waals surface area contributed by atoms with Crippen molar-refractivity contribution in [1.82, 2.24) is 0 Å². The maximum Gasteiger partial charge on any atom is 0.372 e. The minimum Gasteiger partial charge on any atom is -0.361 e. The Bertz CT molecular complexity index is 297. The van der Waals surface area contributed by atoms with Crippen LogP contribution >= 0.6 is 0 Å². The second-order valence-corrected chi connectivity index (χ2v) is 1.99. The Morgan fingerprint density at radius 3 is 2.91 bits per heavy atom. The average Bonchev–Trinajstić information content (AvgIpc) is 2.04. The van der Waals surface area contributed by atoms with Crippen LogP contribution in [0.1, 0.15) is 6.42 Å². The molecule has 1 rings (SSSR count). The number of nitro groups is 1. The zero-order valence-electron chi connectivity index (χ0n) is 5.60. The number of nitrogens with zero attached hydrogens (tertiary/aromatic N) is 3. The van der Waals surface area contributed by atoms with Crippen molar-refractivity contribution in [3.8, 4) is 0 Å². The summed E-state index contributed by atoms with van der Waals surface area (Å²) in [4.78, 5) is 12.5. The van der Waals surface area contributed by atoms with E-state index in [-0.39, 0.29) is 11.4 Å². The molecule has 0 fully saturated rings. The van der Waals surface area contributed by atoms with Crippen molar-refractivity contribution >= 4 is 5.71 Å². The summed E-state index contributed by atoms with van der Waals surface area (Å²) in [6, 6.07) is 0. The van der Waals surface area contributed by atoms with Crippen molar-refractivity contribution in [1.29, 1.82) is 0 Å². The Labute approximate surface area is 62.4 Å². The van der Waals surface area contributed by atoms with Crippen molar-refractivity contribution < 1.29 is 9.71 Å². The third kappa shape index (κ3) is 1.39. The van der Waals surface area contributed by atoms with Crippen molar-refractivity contribution in [2.75, 3.05) is 0 Å². The molecule has 5 heteroatoms. The van der Waals surface area contributed by atoms with Crippen LogP contribution in [0, 0.1) is 10.1 Å². The zero-order valence-corrected chi connectivity index (χ0v) is 5.60. The predicted octanol–water partition coefficient (Wildman–Crippen LogP) is 0.778. The van der Waals surface area contributed by atoms with Gasteiger partial charge in [-0.3, -0.25) is 10.1 Å². The van der Waals surface area contributed by atoms with E-state index in [1.165, 1.54) is 6.08 Å². The van der Waals surface area contributed by atoms with Gasteiger partial charge in [-0.1, -0.05) is 12.2 Å². The average molecular weight is 151 g/mol. The van der Waals surface area contributed by atoms with Crippen LogP contribution in [0.2, 0.25) is 0 Å². The van der Waals surface area contributed by atoms with Crippen LogP contribution in [-0.4, -0.2) is 15.4 Å². The number of rotatable bonds is 1. The van der Waals surface area contributed by atoms with Gasteiger partial charge in [0, 0.05) is 6.08 Å². The monoisotopic (exact) mass is 151 g/mol. The molecule has 0 bridgehead atoms. The number of hydrogen-bond acceptors (Lipinski definition) is 2. The highest BCUT2D eigenvalue weighted by Crippen LogP contribution is 2.07. The summed E-state index contributed by atoms with van der Waals surface area (Å²) in [6.07, 6.45) is 4.86. The van der Waals surface area contributed by atoms with E-state index < -0.39 is 4.92 Å². The summed E-state index contributed by atoms with van der Waals surface area (Å²) in [7, 11) is 0. The van der Waals surface area contributed by atoms with E-state index in [9.17, 15) is 10.1 Å². The summed E-state index contributed by atoms with van der Waals surface area (Å²) in [5.41, 5.74) is 8.27. The van der Waals surface area contributed by atoms with Crippen LogP contribution in [0.15, 0.2) is 23.9 Å². The topological polar surface area (TPSA) is 79.5 Å². The van der Waals surface area contributed by atoms with E-state index in [1.807, 2.05) is 0 Å². The smallest absolute Gasteiger partial charge is 0.361 e. The third-order valence-electron chi connectivity index (χ3n) is 1.31. The van der Waals surface area contributed by atoms with Crippen LogP contribution in [0.5, 0.6) is 0 Å². The Kier molecular flexibility index (Phi) is 1.94. The van der Waals surface area contributed by atoms with Gasteiger partial charge in [0.25, 0.3) is 0 Å². The fraction of sp³-hybridized carbons (Fsp3) is 0.167. The Hall–Kier alpha value is -1.74. The SMILES string of the molecule is [N-]=[N+]=C1CC=CC=C1[N+](=O)[O-]. The van der Waals surface area contributed by atoms with E-state index in [4.69, 9.17) is 5.53 Å². The number of allylic oxidation sites excluding steroid dienone is 4. The molecule has 0 heterocycles. The molecule has 0 spiro atoms. The third-order valence-corrected chi connectivity index (χ3v) is 1.31. The molecule has 0 amide bonds. The van der Waals surface area contributed by atoms with Crippen LogP contribution < -0.4 is 0 Å². The van der Waals surface area contributed by atoms with E-state index in [1.54, 1.807) is 12.2 Å². The van der Waals surface area contributed by atoms with Gasteiger partial charge in [0.05, 0.1) is 11.3 Å². The molecule has 0 unspecified atom stereocenters. The van der Waals surface area contributed by atoms with Crippen molar-refractivity contribution in [2.45, 2.75) is 6.42 Å². The highest BCUT2D eigenvalue weighted by molar-refractivity contribution is 5.95. The Morgan fingerprint density at radius 1 is 1.73 bits per heavy atom. The summed E-state index contributed by atoms with van der Waals surface area (Å²) in [5, 5.41) is 10.2. The van der Waals surface area contributed by atoms with Gasteiger partial charge < -0.3 is 5.53 Å². The zero-order chi connectivity index (χ0) is 8.27. The summed E-state index contributed by atoms with van der Waals surface area (Å²) >= 11 is 0. The van der Waals surface area contributed by atoms with Gasteiger partial charge in [0.15, 0.2) is 0 Å². The van der Waals surface area contributed by atoms with E-state index in [0.717, 1.165) is 0 Å². The molecule has 5 nitrogen and oxygen atoms in total. The lowest BCUT2D eigenvalue weighted by molar-refractivity contribution is -0.417. The quantitative estimate of drug-likeness (QED) is 0.240. The molecule has 0 aromatic heterocycles. The summed E-state index contributed by atoms with van der Waals surface area (Å²) in [6.45, 7) is 0. The molecule has 11 heavy (non-hydrogen) atoms. The highest BCUT2D eigenvalue weighted by atomic mass is 16.6. The van der Waals surface area contributed by atoms with Crippen molar-refractivity contribution in [3.63, 3.8) is 0 Å².